The van der Waals surface area contributed by atoms with Gasteiger partial charge in [-0.2, -0.15) is 4.98 Å². The van der Waals surface area contributed by atoms with E-state index in [4.69, 9.17) is 15.2 Å². The molecule has 18 heavy (non-hydrogen) atoms. The van der Waals surface area contributed by atoms with Crippen molar-refractivity contribution in [2.45, 2.75) is 6.10 Å². The minimum atomic E-state index is -0.235. The van der Waals surface area contributed by atoms with E-state index in [1.807, 2.05) is 30.3 Å². The van der Waals surface area contributed by atoms with Gasteiger partial charge in [-0.3, -0.25) is 0 Å². The van der Waals surface area contributed by atoms with Crippen LogP contribution in [0.3, 0.4) is 0 Å². The minimum absolute atomic E-state index is 0.235. The molecule has 96 valence electrons. The Hall–Kier alpha value is -1.92. The zero-order valence-corrected chi connectivity index (χ0v) is 10.2. The number of rotatable bonds is 6. The molecule has 2 aromatic rings. The van der Waals surface area contributed by atoms with Crippen molar-refractivity contribution in [3.8, 4) is 11.7 Å². The third-order valence-corrected chi connectivity index (χ3v) is 2.38. The lowest BCUT2D eigenvalue weighted by molar-refractivity contribution is 0.0796. The average Bonchev–Trinajstić information content (AvgIpc) is 2.88. The Kier molecular flexibility index (Phi) is 4.27. The van der Waals surface area contributed by atoms with Gasteiger partial charge in [0.1, 0.15) is 12.4 Å². The number of benzene rings is 1. The van der Waals surface area contributed by atoms with Crippen LogP contribution < -0.4 is 10.5 Å². The third kappa shape index (κ3) is 3.06. The highest BCUT2D eigenvalue weighted by Crippen LogP contribution is 2.09. The van der Waals surface area contributed by atoms with Crippen LogP contribution in [0.2, 0.25) is 0 Å². The molecule has 0 spiro atoms. The molecular formula is C12H16N4O2. The first-order valence-corrected chi connectivity index (χ1v) is 5.66. The molecule has 0 radical (unpaired) electrons. The maximum absolute atomic E-state index is 5.56. The Bertz CT molecular complexity index is 472. The molecule has 0 amide bonds. The maximum Gasteiger partial charge on any atom is 0.336 e. The summed E-state index contributed by atoms with van der Waals surface area (Å²) in [4.78, 5) is 4.08. The van der Waals surface area contributed by atoms with Gasteiger partial charge in [-0.05, 0) is 12.1 Å². The van der Waals surface area contributed by atoms with Gasteiger partial charge in [-0.15, -0.1) is 5.10 Å². The highest BCUT2D eigenvalue weighted by atomic mass is 16.5. The highest BCUT2D eigenvalue weighted by Gasteiger charge is 2.11. The predicted octanol–water partition coefficient (Wildman–Crippen LogP) is 0.620. The molecular weight excluding hydrogens is 232 g/mol. The molecule has 0 saturated heterocycles. The topological polar surface area (TPSA) is 75.2 Å². The van der Waals surface area contributed by atoms with Crippen LogP contribution in [0.1, 0.15) is 0 Å². The summed E-state index contributed by atoms with van der Waals surface area (Å²) >= 11 is 0. The zero-order valence-electron chi connectivity index (χ0n) is 10.2. The molecule has 1 atom stereocenters. The second kappa shape index (κ2) is 6.13. The standard InChI is InChI=1S/C12H16N4O2/c1-17-8-11(7-13)18-12-14-9-16(15-12)10-5-3-2-4-6-10/h2-6,9,11H,7-8,13H2,1H3. The molecule has 2 N–H and O–H groups in total. The van der Waals surface area contributed by atoms with Gasteiger partial charge >= 0.3 is 6.01 Å². The van der Waals surface area contributed by atoms with Gasteiger partial charge in [-0.25, -0.2) is 4.68 Å². The van der Waals surface area contributed by atoms with Crippen LogP contribution >= 0.6 is 0 Å². The van der Waals surface area contributed by atoms with E-state index in [0.29, 0.717) is 19.2 Å². The summed E-state index contributed by atoms with van der Waals surface area (Å²) in [5, 5.41) is 4.22. The maximum atomic E-state index is 5.56. The van der Waals surface area contributed by atoms with Gasteiger partial charge in [0.2, 0.25) is 0 Å². The Morgan fingerprint density at radius 2 is 2.11 bits per heavy atom. The lowest BCUT2D eigenvalue weighted by Gasteiger charge is -2.12. The molecule has 0 saturated carbocycles. The van der Waals surface area contributed by atoms with Crippen molar-refractivity contribution >= 4 is 0 Å². The summed E-state index contributed by atoms with van der Waals surface area (Å²) in [5.74, 6) is 0. The molecule has 6 nitrogen and oxygen atoms in total. The molecule has 1 unspecified atom stereocenters. The summed E-state index contributed by atoms with van der Waals surface area (Å²) in [7, 11) is 1.60. The second-order valence-corrected chi connectivity index (χ2v) is 3.74. The van der Waals surface area contributed by atoms with Crippen molar-refractivity contribution in [1.29, 1.82) is 0 Å². The second-order valence-electron chi connectivity index (χ2n) is 3.74. The minimum Gasteiger partial charge on any atom is -0.455 e. The van der Waals surface area contributed by atoms with Crippen LogP contribution in [-0.4, -0.2) is 41.1 Å². The third-order valence-electron chi connectivity index (χ3n) is 2.38. The molecule has 0 aliphatic carbocycles. The van der Waals surface area contributed by atoms with Crippen LogP contribution in [0.15, 0.2) is 36.7 Å². The molecule has 2 rings (SSSR count). The van der Waals surface area contributed by atoms with E-state index in [2.05, 4.69) is 10.1 Å². The molecule has 0 bridgehead atoms. The van der Waals surface area contributed by atoms with Gasteiger partial charge in [0, 0.05) is 13.7 Å². The van der Waals surface area contributed by atoms with E-state index >= 15 is 0 Å². The normalized spacial score (nSPS) is 12.3. The van der Waals surface area contributed by atoms with Gasteiger partial charge in [0.05, 0.1) is 12.3 Å². The van der Waals surface area contributed by atoms with E-state index in [1.165, 1.54) is 0 Å². The van der Waals surface area contributed by atoms with E-state index in [-0.39, 0.29) is 6.10 Å². The van der Waals surface area contributed by atoms with Crippen LogP contribution in [-0.2, 0) is 4.74 Å². The van der Waals surface area contributed by atoms with Crippen molar-refractivity contribution in [2.75, 3.05) is 20.3 Å². The Morgan fingerprint density at radius 1 is 1.33 bits per heavy atom. The van der Waals surface area contributed by atoms with Crippen LogP contribution in [0.5, 0.6) is 6.01 Å². The Morgan fingerprint density at radius 3 is 2.78 bits per heavy atom. The number of aromatic nitrogens is 3. The molecule has 1 aromatic heterocycles. The molecule has 0 aliphatic heterocycles. The summed E-state index contributed by atoms with van der Waals surface area (Å²) in [6, 6.07) is 9.99. The van der Waals surface area contributed by atoms with Gasteiger partial charge in [0.15, 0.2) is 0 Å². The predicted molar refractivity (Wildman–Crippen MR) is 66.7 cm³/mol. The van der Waals surface area contributed by atoms with Crippen molar-refractivity contribution in [3.63, 3.8) is 0 Å². The molecule has 1 aromatic carbocycles. The highest BCUT2D eigenvalue weighted by molar-refractivity contribution is 5.29. The van der Waals surface area contributed by atoms with Crippen molar-refractivity contribution < 1.29 is 9.47 Å². The average molecular weight is 248 g/mol. The smallest absolute Gasteiger partial charge is 0.336 e. The number of methoxy groups -OCH3 is 1. The number of hydrogen-bond acceptors (Lipinski definition) is 5. The van der Waals surface area contributed by atoms with Crippen molar-refractivity contribution in [1.82, 2.24) is 14.8 Å². The van der Waals surface area contributed by atoms with Crippen molar-refractivity contribution in [2.24, 2.45) is 5.73 Å². The lowest BCUT2D eigenvalue weighted by atomic mass is 10.3. The Balaban J connectivity index is 2.06. The first-order valence-electron chi connectivity index (χ1n) is 5.66. The van der Waals surface area contributed by atoms with Crippen LogP contribution in [0, 0.1) is 0 Å². The number of nitrogens with two attached hydrogens (primary N) is 1. The van der Waals surface area contributed by atoms with Crippen molar-refractivity contribution in [3.05, 3.63) is 36.7 Å². The molecule has 0 fully saturated rings. The fourth-order valence-corrected chi connectivity index (χ4v) is 1.49. The van der Waals surface area contributed by atoms with E-state index < -0.39 is 0 Å². The van der Waals surface area contributed by atoms with E-state index in [9.17, 15) is 0 Å². The zero-order chi connectivity index (χ0) is 12.8. The SMILES string of the molecule is COCC(CN)Oc1ncn(-c2ccccc2)n1. The van der Waals surface area contributed by atoms with Gasteiger partial charge < -0.3 is 15.2 Å². The van der Waals surface area contributed by atoms with E-state index in [0.717, 1.165) is 5.69 Å². The number of ether oxygens (including phenoxy) is 2. The summed E-state index contributed by atoms with van der Waals surface area (Å²) in [6.07, 6.45) is 1.37. The van der Waals surface area contributed by atoms with Crippen LogP contribution in [0.25, 0.3) is 5.69 Å². The summed E-state index contributed by atoms with van der Waals surface area (Å²) in [6.45, 7) is 0.768. The monoisotopic (exact) mass is 248 g/mol. The Labute approximate surface area is 105 Å². The lowest BCUT2D eigenvalue weighted by Crippen LogP contribution is -2.31. The summed E-state index contributed by atoms with van der Waals surface area (Å²) in [5.41, 5.74) is 6.48. The number of para-hydroxylation sites is 1. The van der Waals surface area contributed by atoms with E-state index in [1.54, 1.807) is 18.1 Å². The quantitative estimate of drug-likeness (QED) is 0.811. The molecule has 6 heteroatoms. The number of nitrogens with zero attached hydrogens (tertiary/aromatic N) is 3. The van der Waals surface area contributed by atoms with Gasteiger partial charge in [-0.1, -0.05) is 18.2 Å². The first-order chi connectivity index (χ1) is 8.83. The first kappa shape index (κ1) is 12.5. The van der Waals surface area contributed by atoms with Crippen LogP contribution in [0.4, 0.5) is 0 Å². The summed E-state index contributed by atoms with van der Waals surface area (Å²) < 4.78 is 12.2. The molecule has 0 aliphatic rings. The van der Waals surface area contributed by atoms with Gasteiger partial charge in [0.25, 0.3) is 0 Å². The molecule has 1 heterocycles. The largest absolute Gasteiger partial charge is 0.455 e. The fourth-order valence-electron chi connectivity index (χ4n) is 1.49. The fraction of sp³-hybridized carbons (Fsp3) is 0.333. The number of hydrogen-bond donors (Lipinski definition) is 1.